The summed E-state index contributed by atoms with van der Waals surface area (Å²) < 4.78 is 4.76. The summed E-state index contributed by atoms with van der Waals surface area (Å²) in [5.41, 5.74) is 14.2. The molecule has 274 valence electrons. The second kappa shape index (κ2) is 13.5. The summed E-state index contributed by atoms with van der Waals surface area (Å²) in [5.74, 6) is 1.86. The normalized spacial score (nSPS) is 11.6. The molecule has 0 amide bonds. The molecule has 0 radical (unpaired) electrons. The Labute approximate surface area is 336 Å². The van der Waals surface area contributed by atoms with Gasteiger partial charge in [0.2, 0.25) is 0 Å². The summed E-state index contributed by atoms with van der Waals surface area (Å²) in [4.78, 5) is 15.7. The van der Waals surface area contributed by atoms with Gasteiger partial charge in [-0.25, -0.2) is 15.0 Å². The molecule has 0 bridgehead atoms. The Morgan fingerprint density at radius 3 is 1.52 bits per heavy atom. The molecule has 0 fully saturated rings. The highest BCUT2D eigenvalue weighted by molar-refractivity contribution is 6.16. The maximum Gasteiger partial charge on any atom is 0.166 e. The number of rotatable bonds is 6. The molecule has 5 nitrogen and oxygen atoms in total. The van der Waals surface area contributed by atoms with Gasteiger partial charge in [-0.15, -0.1) is 0 Å². The van der Waals surface area contributed by atoms with Crippen molar-refractivity contribution >= 4 is 43.6 Å². The Balaban J connectivity index is 1.24. The van der Waals surface area contributed by atoms with Gasteiger partial charge in [0.15, 0.2) is 17.5 Å². The van der Waals surface area contributed by atoms with Gasteiger partial charge in [0, 0.05) is 43.9 Å². The van der Waals surface area contributed by atoms with Crippen LogP contribution in [0.2, 0.25) is 0 Å². The van der Waals surface area contributed by atoms with Crippen molar-refractivity contribution in [1.29, 1.82) is 0 Å². The Morgan fingerprint density at radius 2 is 0.879 bits per heavy atom. The number of para-hydroxylation sites is 2. The predicted octanol–water partition coefficient (Wildman–Crippen LogP) is 13.4. The summed E-state index contributed by atoms with van der Waals surface area (Å²) in [6.45, 7) is 4.32. The maximum atomic E-state index is 5.31. The van der Waals surface area contributed by atoms with Crippen molar-refractivity contribution in [1.82, 2.24) is 24.1 Å². The third kappa shape index (κ3) is 5.51. The molecule has 0 saturated heterocycles. The molecule has 11 aromatic rings. The fourth-order valence-corrected chi connectivity index (χ4v) is 8.63. The molecule has 58 heavy (non-hydrogen) atoms. The standard InChI is InChI=1S/C53H37N5/c1-34-25-28-46-42(31-34)43-32-35(2)26-29-47(43)58(46)48-30-27-38(40-22-14-24-49-50(40)41-21-12-13-23-45(41)57(49)39-19-10-5-11-20-39)33-44(48)53-55-51(36-15-6-3-7-16-36)54-52(56-53)37-17-8-4-9-18-37/h3-33H,1-2H3. The SMILES string of the molecule is Cc1ccc2c(c1)c1cc(C)ccc1n2-c1ccc(-c2cccc3c2c2ccccc2n3-c2ccccc2)cc1-c1nc(-c2ccccc2)nc(-c2ccccc2)n1. The van der Waals surface area contributed by atoms with Gasteiger partial charge in [0.05, 0.1) is 27.8 Å². The fourth-order valence-electron chi connectivity index (χ4n) is 8.63. The molecule has 0 spiro atoms. The first-order chi connectivity index (χ1) is 28.6. The predicted molar refractivity (Wildman–Crippen MR) is 240 cm³/mol. The molecule has 8 aromatic carbocycles. The molecule has 0 saturated carbocycles. The Hall–Kier alpha value is -7.63. The minimum atomic E-state index is 0.609. The van der Waals surface area contributed by atoms with E-state index < -0.39 is 0 Å². The molecule has 0 unspecified atom stereocenters. The molecule has 0 aliphatic heterocycles. The quantitative estimate of drug-likeness (QED) is 0.170. The lowest BCUT2D eigenvalue weighted by Gasteiger charge is -2.17. The van der Waals surface area contributed by atoms with Crippen LogP contribution in [0.25, 0.3) is 100 Å². The number of nitrogens with zero attached hydrogens (tertiary/aromatic N) is 5. The van der Waals surface area contributed by atoms with Crippen LogP contribution in [0.1, 0.15) is 11.1 Å². The number of hydrogen-bond acceptors (Lipinski definition) is 3. The van der Waals surface area contributed by atoms with Gasteiger partial charge in [0.1, 0.15) is 0 Å². The van der Waals surface area contributed by atoms with Crippen LogP contribution in [0.4, 0.5) is 0 Å². The van der Waals surface area contributed by atoms with Gasteiger partial charge in [-0.3, -0.25) is 0 Å². The highest BCUT2D eigenvalue weighted by Gasteiger charge is 2.22. The number of hydrogen-bond donors (Lipinski definition) is 0. The van der Waals surface area contributed by atoms with Crippen molar-refractivity contribution in [3.05, 3.63) is 199 Å². The van der Waals surface area contributed by atoms with Crippen LogP contribution in [0, 0.1) is 13.8 Å². The Bertz CT molecular complexity index is 3230. The van der Waals surface area contributed by atoms with Crippen molar-refractivity contribution in [3.63, 3.8) is 0 Å². The molecule has 0 aliphatic rings. The van der Waals surface area contributed by atoms with E-state index in [2.05, 4.69) is 175 Å². The minimum absolute atomic E-state index is 0.609. The van der Waals surface area contributed by atoms with E-state index in [1.54, 1.807) is 0 Å². The zero-order valence-corrected chi connectivity index (χ0v) is 32.1. The zero-order valence-electron chi connectivity index (χ0n) is 32.1. The first-order valence-electron chi connectivity index (χ1n) is 19.7. The van der Waals surface area contributed by atoms with E-state index in [9.17, 15) is 0 Å². The molecule has 0 aliphatic carbocycles. The highest BCUT2D eigenvalue weighted by Crippen LogP contribution is 2.42. The molecule has 11 rings (SSSR count). The van der Waals surface area contributed by atoms with E-state index in [-0.39, 0.29) is 0 Å². The third-order valence-corrected chi connectivity index (χ3v) is 11.3. The fraction of sp³-hybridized carbons (Fsp3) is 0.0377. The number of aryl methyl sites for hydroxylation is 2. The van der Waals surface area contributed by atoms with Crippen molar-refractivity contribution < 1.29 is 0 Å². The van der Waals surface area contributed by atoms with Gasteiger partial charge in [0.25, 0.3) is 0 Å². The molecule has 5 heteroatoms. The zero-order chi connectivity index (χ0) is 38.7. The monoisotopic (exact) mass is 743 g/mol. The van der Waals surface area contributed by atoms with Crippen LogP contribution >= 0.6 is 0 Å². The number of fused-ring (bicyclic) bond motifs is 6. The van der Waals surface area contributed by atoms with E-state index in [4.69, 9.17) is 15.0 Å². The Morgan fingerprint density at radius 1 is 0.345 bits per heavy atom. The average molecular weight is 744 g/mol. The van der Waals surface area contributed by atoms with Gasteiger partial charge >= 0.3 is 0 Å². The first kappa shape index (κ1) is 33.7. The van der Waals surface area contributed by atoms with E-state index >= 15 is 0 Å². The highest BCUT2D eigenvalue weighted by atomic mass is 15.1. The van der Waals surface area contributed by atoms with E-state index in [1.165, 1.54) is 38.2 Å². The smallest absolute Gasteiger partial charge is 0.166 e. The van der Waals surface area contributed by atoms with Crippen LogP contribution in [-0.4, -0.2) is 24.1 Å². The lowest BCUT2D eigenvalue weighted by molar-refractivity contribution is 1.06. The van der Waals surface area contributed by atoms with Crippen molar-refractivity contribution in [2.24, 2.45) is 0 Å². The van der Waals surface area contributed by atoms with Crippen LogP contribution in [0.15, 0.2) is 188 Å². The number of benzene rings is 8. The van der Waals surface area contributed by atoms with Crippen LogP contribution in [-0.2, 0) is 0 Å². The molecular weight excluding hydrogens is 707 g/mol. The van der Waals surface area contributed by atoms with Gasteiger partial charge in [-0.1, -0.05) is 139 Å². The molecule has 0 N–H and O–H groups in total. The minimum Gasteiger partial charge on any atom is -0.309 e. The van der Waals surface area contributed by atoms with Gasteiger partial charge in [-0.2, -0.15) is 0 Å². The lowest BCUT2D eigenvalue weighted by atomic mass is 9.96. The average Bonchev–Trinajstić information content (AvgIpc) is 3.79. The van der Waals surface area contributed by atoms with E-state index in [0.717, 1.165) is 55.7 Å². The number of aromatic nitrogens is 5. The molecule has 3 aromatic heterocycles. The summed E-state index contributed by atoms with van der Waals surface area (Å²) in [7, 11) is 0. The lowest BCUT2D eigenvalue weighted by Crippen LogP contribution is -2.04. The van der Waals surface area contributed by atoms with Gasteiger partial charge < -0.3 is 9.13 Å². The maximum absolute atomic E-state index is 5.31. The largest absolute Gasteiger partial charge is 0.309 e. The van der Waals surface area contributed by atoms with Crippen LogP contribution in [0.5, 0.6) is 0 Å². The van der Waals surface area contributed by atoms with Crippen LogP contribution < -0.4 is 0 Å². The topological polar surface area (TPSA) is 48.5 Å². The second-order valence-electron chi connectivity index (χ2n) is 15.0. The summed E-state index contributed by atoms with van der Waals surface area (Å²) >= 11 is 0. The Kier molecular flexibility index (Phi) is 7.86. The van der Waals surface area contributed by atoms with Crippen molar-refractivity contribution in [2.75, 3.05) is 0 Å². The third-order valence-electron chi connectivity index (χ3n) is 11.3. The van der Waals surface area contributed by atoms with E-state index in [1.807, 2.05) is 36.4 Å². The summed E-state index contributed by atoms with van der Waals surface area (Å²) in [6.07, 6.45) is 0. The summed E-state index contributed by atoms with van der Waals surface area (Å²) in [5, 5.41) is 4.85. The first-order valence-corrected chi connectivity index (χ1v) is 19.7. The molecule has 0 atom stereocenters. The second-order valence-corrected chi connectivity index (χ2v) is 15.0. The van der Waals surface area contributed by atoms with Crippen LogP contribution in [0.3, 0.4) is 0 Å². The molecule has 3 heterocycles. The van der Waals surface area contributed by atoms with E-state index in [0.29, 0.717) is 17.5 Å². The van der Waals surface area contributed by atoms with Crippen molar-refractivity contribution in [2.45, 2.75) is 13.8 Å². The van der Waals surface area contributed by atoms with Gasteiger partial charge in [-0.05, 0) is 85.6 Å². The summed E-state index contributed by atoms with van der Waals surface area (Å²) in [6, 6.07) is 66.7. The molecular formula is C53H37N5. The van der Waals surface area contributed by atoms with Crippen molar-refractivity contribution in [3.8, 4) is 56.7 Å².